The molecule has 2 nitrogen and oxygen atoms in total. The van der Waals surface area contributed by atoms with Gasteiger partial charge in [0, 0.05) is 18.8 Å². The Kier molecular flexibility index (Phi) is 4.48. The Morgan fingerprint density at radius 3 is 2.71 bits per heavy atom. The average Bonchev–Trinajstić information content (AvgIpc) is 2.29. The molecule has 2 heteroatoms. The molecule has 0 spiro atoms. The van der Waals surface area contributed by atoms with Crippen molar-refractivity contribution in [2.45, 2.75) is 44.9 Å². The molecule has 0 radical (unpaired) electrons. The van der Waals surface area contributed by atoms with Gasteiger partial charge in [-0.15, -0.1) is 0 Å². The molecule has 0 saturated heterocycles. The molecule has 0 amide bonds. The Labute approximate surface area is 103 Å². The Balaban J connectivity index is 1.99. The quantitative estimate of drug-likeness (QED) is 0.794. The standard InChI is InChI=1S/C15H19NO/c17-15(12-13-8-10-16-11-9-13)14-6-4-2-1-3-5-7-14/h6,8-11H,1-5,7,12H2/b14-6+. The first kappa shape index (κ1) is 12.0. The first-order valence-corrected chi connectivity index (χ1v) is 6.47. The van der Waals surface area contributed by atoms with Gasteiger partial charge in [0.05, 0.1) is 0 Å². The van der Waals surface area contributed by atoms with Crippen molar-refractivity contribution in [1.29, 1.82) is 0 Å². The summed E-state index contributed by atoms with van der Waals surface area (Å²) in [4.78, 5) is 16.1. The Hall–Kier alpha value is -1.44. The monoisotopic (exact) mass is 229 g/mol. The molecule has 1 aromatic rings. The molecule has 1 heterocycles. The number of ketones is 1. The largest absolute Gasteiger partial charge is 0.294 e. The number of allylic oxidation sites excluding steroid dienone is 2. The topological polar surface area (TPSA) is 30.0 Å². The third-order valence-corrected chi connectivity index (χ3v) is 3.26. The average molecular weight is 229 g/mol. The summed E-state index contributed by atoms with van der Waals surface area (Å²) >= 11 is 0. The number of pyridine rings is 1. The van der Waals surface area contributed by atoms with E-state index in [4.69, 9.17) is 0 Å². The van der Waals surface area contributed by atoms with Gasteiger partial charge in [0.2, 0.25) is 0 Å². The van der Waals surface area contributed by atoms with Gasteiger partial charge in [0.15, 0.2) is 5.78 Å². The van der Waals surface area contributed by atoms with Crippen LogP contribution in [0.15, 0.2) is 36.2 Å². The zero-order valence-electron chi connectivity index (χ0n) is 10.2. The summed E-state index contributed by atoms with van der Waals surface area (Å²) < 4.78 is 0. The Bertz CT molecular complexity index is 395. The van der Waals surface area contributed by atoms with Crippen molar-refractivity contribution >= 4 is 5.78 Å². The molecule has 90 valence electrons. The first-order valence-electron chi connectivity index (χ1n) is 6.47. The van der Waals surface area contributed by atoms with Crippen LogP contribution < -0.4 is 0 Å². The maximum atomic E-state index is 12.1. The number of hydrogen-bond acceptors (Lipinski definition) is 2. The van der Waals surface area contributed by atoms with E-state index in [0.717, 1.165) is 30.4 Å². The van der Waals surface area contributed by atoms with E-state index in [9.17, 15) is 4.79 Å². The molecule has 0 saturated carbocycles. The minimum absolute atomic E-state index is 0.290. The summed E-state index contributed by atoms with van der Waals surface area (Å²) in [6.07, 6.45) is 13.2. The summed E-state index contributed by atoms with van der Waals surface area (Å²) in [7, 11) is 0. The lowest BCUT2D eigenvalue weighted by atomic mass is 9.94. The maximum absolute atomic E-state index is 12.1. The highest BCUT2D eigenvalue weighted by molar-refractivity contribution is 5.96. The van der Waals surface area contributed by atoms with E-state index in [2.05, 4.69) is 11.1 Å². The molecule has 17 heavy (non-hydrogen) atoms. The van der Waals surface area contributed by atoms with Crippen LogP contribution >= 0.6 is 0 Å². The van der Waals surface area contributed by atoms with Gasteiger partial charge in [0.25, 0.3) is 0 Å². The number of carbonyl (C=O) groups is 1. The van der Waals surface area contributed by atoms with Crippen LogP contribution in [0.5, 0.6) is 0 Å². The number of Topliss-reactive ketones (excluding diaryl/α,β-unsaturated/α-hetero) is 1. The molecule has 0 bridgehead atoms. The fourth-order valence-corrected chi connectivity index (χ4v) is 2.24. The number of carbonyl (C=O) groups excluding carboxylic acids is 1. The van der Waals surface area contributed by atoms with Crippen LogP contribution in [0, 0.1) is 0 Å². The van der Waals surface area contributed by atoms with Crippen molar-refractivity contribution in [3.63, 3.8) is 0 Å². The van der Waals surface area contributed by atoms with Crippen molar-refractivity contribution in [2.75, 3.05) is 0 Å². The molecule has 2 rings (SSSR count). The number of nitrogens with zero attached hydrogens (tertiary/aromatic N) is 1. The molecule has 0 fully saturated rings. The van der Waals surface area contributed by atoms with Crippen LogP contribution in [-0.4, -0.2) is 10.8 Å². The highest BCUT2D eigenvalue weighted by Gasteiger charge is 2.11. The Morgan fingerprint density at radius 2 is 1.88 bits per heavy atom. The number of hydrogen-bond donors (Lipinski definition) is 0. The lowest BCUT2D eigenvalue weighted by Crippen LogP contribution is -2.08. The number of aromatic nitrogens is 1. The van der Waals surface area contributed by atoms with Crippen molar-refractivity contribution in [1.82, 2.24) is 4.98 Å². The molecule has 0 unspecified atom stereocenters. The van der Waals surface area contributed by atoms with Gasteiger partial charge in [0.1, 0.15) is 0 Å². The van der Waals surface area contributed by atoms with Crippen LogP contribution in [-0.2, 0) is 11.2 Å². The molecule has 0 atom stereocenters. The lowest BCUT2D eigenvalue weighted by molar-refractivity contribution is -0.115. The molecule has 1 aliphatic carbocycles. The SMILES string of the molecule is O=C(Cc1ccncc1)/C1=C/CCCCCC1. The smallest absolute Gasteiger partial charge is 0.162 e. The zero-order chi connectivity index (χ0) is 11.9. The van der Waals surface area contributed by atoms with Crippen LogP contribution in [0.25, 0.3) is 0 Å². The van der Waals surface area contributed by atoms with E-state index in [1.54, 1.807) is 12.4 Å². The molecule has 0 aliphatic heterocycles. The van der Waals surface area contributed by atoms with Crippen molar-refractivity contribution in [2.24, 2.45) is 0 Å². The van der Waals surface area contributed by atoms with E-state index in [1.165, 1.54) is 19.3 Å². The van der Waals surface area contributed by atoms with E-state index in [1.807, 2.05) is 12.1 Å². The highest BCUT2D eigenvalue weighted by atomic mass is 16.1. The summed E-state index contributed by atoms with van der Waals surface area (Å²) in [5.74, 6) is 0.290. The molecule has 0 aromatic carbocycles. The van der Waals surface area contributed by atoms with Crippen LogP contribution in [0.1, 0.15) is 44.1 Å². The van der Waals surface area contributed by atoms with Crippen LogP contribution in [0.3, 0.4) is 0 Å². The third kappa shape index (κ3) is 3.81. The van der Waals surface area contributed by atoms with E-state index < -0.39 is 0 Å². The molecule has 1 aromatic heterocycles. The fourth-order valence-electron chi connectivity index (χ4n) is 2.24. The van der Waals surface area contributed by atoms with E-state index in [0.29, 0.717) is 6.42 Å². The Morgan fingerprint density at radius 1 is 1.12 bits per heavy atom. The predicted octanol–water partition coefficient (Wildman–Crippen LogP) is 3.47. The van der Waals surface area contributed by atoms with Gasteiger partial charge in [-0.1, -0.05) is 18.9 Å². The summed E-state index contributed by atoms with van der Waals surface area (Å²) in [6.45, 7) is 0. The van der Waals surface area contributed by atoms with Crippen molar-refractivity contribution in [3.05, 3.63) is 41.7 Å². The first-order chi connectivity index (χ1) is 8.36. The predicted molar refractivity (Wildman–Crippen MR) is 68.7 cm³/mol. The summed E-state index contributed by atoms with van der Waals surface area (Å²) in [5.41, 5.74) is 2.11. The summed E-state index contributed by atoms with van der Waals surface area (Å²) in [5, 5.41) is 0. The van der Waals surface area contributed by atoms with Crippen molar-refractivity contribution < 1.29 is 4.79 Å². The van der Waals surface area contributed by atoms with Crippen LogP contribution in [0.2, 0.25) is 0 Å². The van der Waals surface area contributed by atoms with Crippen LogP contribution in [0.4, 0.5) is 0 Å². The van der Waals surface area contributed by atoms with Gasteiger partial charge in [-0.3, -0.25) is 9.78 Å². The fraction of sp³-hybridized carbons (Fsp3) is 0.467. The summed E-state index contributed by atoms with van der Waals surface area (Å²) in [6, 6.07) is 3.84. The van der Waals surface area contributed by atoms with E-state index >= 15 is 0 Å². The van der Waals surface area contributed by atoms with Gasteiger partial charge >= 0.3 is 0 Å². The normalized spacial score (nSPS) is 19.9. The van der Waals surface area contributed by atoms with Crippen molar-refractivity contribution in [3.8, 4) is 0 Å². The van der Waals surface area contributed by atoms with Gasteiger partial charge in [-0.2, -0.15) is 0 Å². The van der Waals surface area contributed by atoms with E-state index in [-0.39, 0.29) is 5.78 Å². The minimum atomic E-state index is 0.290. The van der Waals surface area contributed by atoms with Gasteiger partial charge in [-0.25, -0.2) is 0 Å². The second-order valence-electron chi connectivity index (χ2n) is 4.64. The highest BCUT2D eigenvalue weighted by Crippen LogP contribution is 2.18. The zero-order valence-corrected chi connectivity index (χ0v) is 10.2. The minimum Gasteiger partial charge on any atom is -0.294 e. The number of rotatable bonds is 3. The second kappa shape index (κ2) is 6.33. The van der Waals surface area contributed by atoms with Gasteiger partial charge < -0.3 is 0 Å². The molecular weight excluding hydrogens is 210 g/mol. The lowest BCUT2D eigenvalue weighted by Gasteiger charge is -2.10. The third-order valence-electron chi connectivity index (χ3n) is 3.26. The maximum Gasteiger partial charge on any atom is 0.162 e. The van der Waals surface area contributed by atoms with Gasteiger partial charge in [-0.05, 0) is 49.0 Å². The molecule has 1 aliphatic rings. The molecule has 0 N–H and O–H groups in total. The second-order valence-corrected chi connectivity index (χ2v) is 4.64. The molecular formula is C15H19NO.